The average molecular weight is 201 g/mol. The van der Waals surface area contributed by atoms with Gasteiger partial charge in [0.25, 0.3) is 0 Å². The van der Waals surface area contributed by atoms with E-state index in [1.54, 1.807) is 0 Å². The van der Waals surface area contributed by atoms with Gasteiger partial charge in [-0.05, 0) is 44.1 Å². The summed E-state index contributed by atoms with van der Waals surface area (Å²) in [5.74, 6) is -0.439. The van der Waals surface area contributed by atoms with Crippen LogP contribution < -0.4 is 5.73 Å². The minimum atomic E-state index is -0.723. The summed E-state index contributed by atoms with van der Waals surface area (Å²) in [6.07, 6.45) is 3.07. The largest absolute Gasteiger partial charge is 0.481 e. The number of aliphatic carboxylic acids is 1. The molecule has 0 aliphatic heterocycles. The molecule has 0 radical (unpaired) electrons. The van der Waals surface area contributed by atoms with E-state index in [1.165, 1.54) is 0 Å². The first-order chi connectivity index (χ1) is 6.69. The van der Waals surface area contributed by atoms with Crippen LogP contribution in [0.3, 0.4) is 0 Å². The highest BCUT2D eigenvalue weighted by molar-refractivity contribution is 5.70. The molecule has 0 amide bonds. The average Bonchev–Trinajstić information content (AvgIpc) is 2.17. The van der Waals surface area contributed by atoms with Crippen LogP contribution in [0.1, 0.15) is 25.7 Å². The zero-order valence-electron chi connectivity index (χ0n) is 8.35. The number of carboxylic acid groups (broad SMARTS) is 1. The van der Waals surface area contributed by atoms with Crippen LogP contribution in [0.2, 0.25) is 0 Å². The molecule has 3 atom stereocenters. The van der Waals surface area contributed by atoms with Gasteiger partial charge in [-0.15, -0.1) is 0 Å². The second-order valence-corrected chi connectivity index (χ2v) is 4.13. The van der Waals surface area contributed by atoms with Gasteiger partial charge < -0.3 is 15.9 Å². The fraction of sp³-hybridized carbons (Fsp3) is 0.900. The van der Waals surface area contributed by atoms with Crippen molar-refractivity contribution >= 4 is 5.97 Å². The number of aliphatic hydroxyl groups is 1. The number of rotatable bonds is 4. The maximum Gasteiger partial charge on any atom is 0.306 e. The van der Waals surface area contributed by atoms with Gasteiger partial charge in [0.2, 0.25) is 0 Å². The molecule has 4 N–H and O–H groups in total. The molecule has 1 saturated carbocycles. The van der Waals surface area contributed by atoms with Gasteiger partial charge in [-0.1, -0.05) is 0 Å². The van der Waals surface area contributed by atoms with E-state index >= 15 is 0 Å². The maximum atomic E-state index is 10.9. The van der Waals surface area contributed by atoms with Crippen molar-refractivity contribution < 1.29 is 15.0 Å². The van der Waals surface area contributed by atoms with E-state index in [-0.39, 0.29) is 18.4 Å². The molecular formula is C10H19NO3. The van der Waals surface area contributed by atoms with Crippen LogP contribution in [0.4, 0.5) is 0 Å². The van der Waals surface area contributed by atoms with E-state index < -0.39 is 5.97 Å². The van der Waals surface area contributed by atoms with Crippen molar-refractivity contribution in [3.63, 3.8) is 0 Å². The molecule has 1 rings (SSSR count). The molecule has 82 valence electrons. The molecule has 4 heteroatoms. The lowest BCUT2D eigenvalue weighted by Gasteiger charge is -2.33. The second kappa shape index (κ2) is 5.32. The number of hydrogen-bond donors (Lipinski definition) is 3. The Morgan fingerprint density at radius 1 is 1.43 bits per heavy atom. The van der Waals surface area contributed by atoms with Crippen molar-refractivity contribution in [2.75, 3.05) is 13.2 Å². The lowest BCUT2D eigenvalue weighted by atomic mass is 9.73. The van der Waals surface area contributed by atoms with Crippen molar-refractivity contribution in [1.29, 1.82) is 0 Å². The van der Waals surface area contributed by atoms with Gasteiger partial charge >= 0.3 is 5.97 Å². The van der Waals surface area contributed by atoms with Crippen molar-refractivity contribution in [3.05, 3.63) is 0 Å². The fourth-order valence-corrected chi connectivity index (χ4v) is 2.39. The Morgan fingerprint density at radius 2 is 2.14 bits per heavy atom. The summed E-state index contributed by atoms with van der Waals surface area (Å²) < 4.78 is 0. The number of hydrogen-bond acceptors (Lipinski definition) is 3. The maximum absolute atomic E-state index is 10.9. The third-order valence-electron chi connectivity index (χ3n) is 3.24. The molecule has 0 heterocycles. The van der Waals surface area contributed by atoms with E-state index in [1.807, 2.05) is 0 Å². The predicted octanol–water partition coefficient (Wildman–Crippen LogP) is 0.445. The van der Waals surface area contributed by atoms with Gasteiger partial charge in [-0.2, -0.15) is 0 Å². The van der Waals surface area contributed by atoms with Gasteiger partial charge in [-0.3, -0.25) is 4.79 Å². The molecule has 0 bridgehead atoms. The molecule has 0 saturated heterocycles. The summed E-state index contributed by atoms with van der Waals surface area (Å²) in [6, 6.07) is 0. The Hall–Kier alpha value is -0.610. The topological polar surface area (TPSA) is 83.6 Å². The first-order valence-electron chi connectivity index (χ1n) is 5.22. The van der Waals surface area contributed by atoms with Crippen LogP contribution in [-0.4, -0.2) is 29.3 Å². The summed E-state index contributed by atoms with van der Waals surface area (Å²) in [4.78, 5) is 10.9. The first-order valence-corrected chi connectivity index (χ1v) is 5.22. The summed E-state index contributed by atoms with van der Waals surface area (Å²) in [6.45, 7) is 0.708. The van der Waals surface area contributed by atoms with Crippen LogP contribution >= 0.6 is 0 Å². The Bertz CT molecular complexity index is 196. The van der Waals surface area contributed by atoms with Gasteiger partial charge in [0, 0.05) is 6.61 Å². The molecule has 0 aromatic carbocycles. The molecule has 4 nitrogen and oxygen atoms in total. The summed E-state index contributed by atoms with van der Waals surface area (Å²) in [5, 5.41) is 17.8. The van der Waals surface area contributed by atoms with Crippen LogP contribution in [-0.2, 0) is 4.79 Å². The van der Waals surface area contributed by atoms with Crippen LogP contribution in [0.25, 0.3) is 0 Å². The second-order valence-electron chi connectivity index (χ2n) is 4.13. The van der Waals surface area contributed by atoms with E-state index in [4.69, 9.17) is 15.9 Å². The van der Waals surface area contributed by atoms with Crippen LogP contribution in [0.15, 0.2) is 0 Å². The predicted molar refractivity (Wildman–Crippen MR) is 52.7 cm³/mol. The quantitative estimate of drug-likeness (QED) is 0.616. The molecular weight excluding hydrogens is 182 g/mol. The Kier molecular flexibility index (Phi) is 4.35. The molecule has 1 aliphatic rings. The monoisotopic (exact) mass is 201 g/mol. The van der Waals surface area contributed by atoms with E-state index in [0.717, 1.165) is 12.8 Å². The SMILES string of the molecule is NC[C@@H]1CC[C@@H](C(=O)O)[C@H](CCO)C1. The van der Waals surface area contributed by atoms with Crippen LogP contribution in [0, 0.1) is 17.8 Å². The summed E-state index contributed by atoms with van der Waals surface area (Å²) in [7, 11) is 0. The standard InChI is InChI=1S/C10H19NO3/c11-6-7-1-2-9(10(13)14)8(5-7)3-4-12/h7-9,12H,1-6,11H2,(H,13,14)/t7-,8-,9-/m1/s1. The molecule has 1 aliphatic carbocycles. The lowest BCUT2D eigenvalue weighted by molar-refractivity contribution is -0.145. The zero-order valence-corrected chi connectivity index (χ0v) is 8.35. The lowest BCUT2D eigenvalue weighted by Crippen LogP contribution is -2.33. The Morgan fingerprint density at radius 3 is 2.64 bits per heavy atom. The molecule has 1 fully saturated rings. The number of aliphatic hydroxyl groups excluding tert-OH is 1. The molecule has 0 spiro atoms. The minimum Gasteiger partial charge on any atom is -0.481 e. The van der Waals surface area contributed by atoms with Gasteiger partial charge in [0.1, 0.15) is 0 Å². The number of carbonyl (C=O) groups is 1. The highest BCUT2D eigenvalue weighted by Gasteiger charge is 2.33. The number of carboxylic acids is 1. The van der Waals surface area contributed by atoms with Crippen LogP contribution in [0.5, 0.6) is 0 Å². The fourth-order valence-electron chi connectivity index (χ4n) is 2.39. The smallest absolute Gasteiger partial charge is 0.306 e. The highest BCUT2D eigenvalue weighted by atomic mass is 16.4. The van der Waals surface area contributed by atoms with E-state index in [0.29, 0.717) is 25.3 Å². The van der Waals surface area contributed by atoms with E-state index in [2.05, 4.69) is 0 Å². The first kappa shape index (κ1) is 11.5. The van der Waals surface area contributed by atoms with Crippen molar-refractivity contribution in [1.82, 2.24) is 0 Å². The summed E-state index contributed by atoms with van der Waals surface area (Å²) >= 11 is 0. The van der Waals surface area contributed by atoms with Gasteiger partial charge in [0.05, 0.1) is 5.92 Å². The van der Waals surface area contributed by atoms with Crippen molar-refractivity contribution in [2.24, 2.45) is 23.5 Å². The normalized spacial score (nSPS) is 32.9. The van der Waals surface area contributed by atoms with Crippen molar-refractivity contribution in [3.8, 4) is 0 Å². The summed E-state index contributed by atoms with van der Waals surface area (Å²) in [5.41, 5.74) is 5.57. The third-order valence-corrected chi connectivity index (χ3v) is 3.24. The van der Waals surface area contributed by atoms with E-state index in [9.17, 15) is 4.79 Å². The zero-order chi connectivity index (χ0) is 10.6. The van der Waals surface area contributed by atoms with Gasteiger partial charge in [-0.25, -0.2) is 0 Å². The Balaban J connectivity index is 2.55. The molecule has 14 heavy (non-hydrogen) atoms. The minimum absolute atomic E-state index is 0.0751. The van der Waals surface area contributed by atoms with Gasteiger partial charge in [0.15, 0.2) is 0 Å². The molecule has 0 aromatic heterocycles. The van der Waals surface area contributed by atoms with Crippen molar-refractivity contribution in [2.45, 2.75) is 25.7 Å². The Labute approximate surface area is 84.1 Å². The molecule has 0 aromatic rings. The molecule has 0 unspecified atom stereocenters. The third kappa shape index (κ3) is 2.69. The number of nitrogens with two attached hydrogens (primary N) is 1. The highest BCUT2D eigenvalue weighted by Crippen LogP contribution is 2.35.